The van der Waals surface area contributed by atoms with Crippen LogP contribution in [0.4, 0.5) is 4.39 Å². The Balaban J connectivity index is 1.74. The van der Waals surface area contributed by atoms with E-state index in [9.17, 15) is 14.0 Å². The van der Waals surface area contributed by atoms with E-state index in [2.05, 4.69) is 11.4 Å². The number of nitrogens with zero attached hydrogens (tertiary/aromatic N) is 1. The molecule has 1 aliphatic heterocycles. The van der Waals surface area contributed by atoms with Crippen molar-refractivity contribution < 1.29 is 23.5 Å². The summed E-state index contributed by atoms with van der Waals surface area (Å²) in [6.45, 7) is 0.492. The molecular formula is C27H31FN2O4. The van der Waals surface area contributed by atoms with Gasteiger partial charge in [-0.3, -0.25) is 9.59 Å². The number of carbonyl (C=O) groups excluding carboxylic acids is 2. The molecule has 34 heavy (non-hydrogen) atoms. The van der Waals surface area contributed by atoms with Crippen LogP contribution >= 0.6 is 0 Å². The minimum atomic E-state index is -0.810. The molecule has 0 saturated heterocycles. The third kappa shape index (κ3) is 4.52. The van der Waals surface area contributed by atoms with Crippen molar-refractivity contribution in [3.63, 3.8) is 0 Å². The molecule has 0 fully saturated rings. The molecule has 4 rings (SSSR count). The topological polar surface area (TPSA) is 67.9 Å². The van der Waals surface area contributed by atoms with Crippen LogP contribution in [0.3, 0.4) is 0 Å². The highest BCUT2D eigenvalue weighted by Gasteiger charge is 2.44. The van der Waals surface area contributed by atoms with Gasteiger partial charge in [0.2, 0.25) is 5.91 Å². The highest BCUT2D eigenvalue weighted by atomic mass is 19.1. The third-order valence-corrected chi connectivity index (χ3v) is 6.81. The summed E-state index contributed by atoms with van der Waals surface area (Å²) < 4.78 is 25.8. The molecular weight excluding hydrogens is 435 g/mol. The number of hydrogen-bond donors (Lipinski definition) is 1. The van der Waals surface area contributed by atoms with Crippen LogP contribution in [0.1, 0.15) is 65.5 Å². The summed E-state index contributed by atoms with van der Waals surface area (Å²) in [5.41, 5.74) is 2.51. The fourth-order valence-corrected chi connectivity index (χ4v) is 5.02. The lowest BCUT2D eigenvalue weighted by molar-refractivity contribution is -0.124. The molecule has 1 heterocycles. The summed E-state index contributed by atoms with van der Waals surface area (Å²) in [6, 6.07) is 8.75. The first-order valence-corrected chi connectivity index (χ1v) is 11.7. The first-order valence-electron chi connectivity index (χ1n) is 11.7. The minimum absolute atomic E-state index is 0.252. The molecule has 7 heteroatoms. The van der Waals surface area contributed by atoms with Crippen molar-refractivity contribution in [3.8, 4) is 11.5 Å². The molecule has 0 spiro atoms. The molecule has 180 valence electrons. The molecule has 2 aromatic rings. The molecule has 0 aromatic heterocycles. The lowest BCUT2D eigenvalue weighted by atomic mass is 9.79. The number of hydrogen-bond acceptors (Lipinski definition) is 4. The van der Waals surface area contributed by atoms with Gasteiger partial charge in [0.1, 0.15) is 5.82 Å². The van der Waals surface area contributed by atoms with Gasteiger partial charge >= 0.3 is 0 Å². The Morgan fingerprint density at radius 3 is 2.53 bits per heavy atom. The van der Waals surface area contributed by atoms with Crippen LogP contribution < -0.4 is 14.8 Å². The maximum absolute atomic E-state index is 14.9. The van der Waals surface area contributed by atoms with Crippen LogP contribution in [0.5, 0.6) is 11.5 Å². The van der Waals surface area contributed by atoms with Crippen molar-refractivity contribution in [2.24, 2.45) is 0 Å². The van der Waals surface area contributed by atoms with Gasteiger partial charge in [0.25, 0.3) is 5.91 Å². The maximum Gasteiger partial charge on any atom is 0.254 e. The monoisotopic (exact) mass is 466 g/mol. The molecule has 2 aliphatic rings. The van der Waals surface area contributed by atoms with Crippen molar-refractivity contribution in [2.75, 3.05) is 27.8 Å². The number of likely N-dealkylation sites (N-methyl/N-ethyl adjacent to an activating group) is 1. The lowest BCUT2D eigenvalue weighted by Gasteiger charge is -2.40. The standard InChI is InChI=1S/C27H31FN2O4/c1-30-25(18-11-7-8-12-21(18)28)24(26(31)29-14-13-17-9-5-4-6-10-17)19-15-22(33-2)23(34-3)16-20(19)27(30)32/h7-9,11-12,15-16,24-25H,4-6,10,13-14H2,1-3H3,(H,29,31)/t24-,25-/m1/s1. The Morgan fingerprint density at radius 2 is 1.85 bits per heavy atom. The SMILES string of the molecule is COc1cc2c(cc1OC)[C@@H](C(=O)NCCC1=CCCCC1)[C@@H](c1ccccc1F)N(C)C2=O. The Bertz CT molecular complexity index is 1110. The van der Waals surface area contributed by atoms with Crippen LogP contribution in [0.2, 0.25) is 0 Å². The van der Waals surface area contributed by atoms with Crippen molar-refractivity contribution in [1.29, 1.82) is 0 Å². The smallest absolute Gasteiger partial charge is 0.254 e. The van der Waals surface area contributed by atoms with E-state index in [1.807, 2.05) is 0 Å². The van der Waals surface area contributed by atoms with Crippen molar-refractivity contribution >= 4 is 11.8 Å². The maximum atomic E-state index is 14.9. The summed E-state index contributed by atoms with van der Waals surface area (Å²) in [4.78, 5) is 28.4. The van der Waals surface area contributed by atoms with Crippen molar-refractivity contribution in [3.05, 3.63) is 70.6 Å². The second-order valence-corrected chi connectivity index (χ2v) is 8.80. The Labute approximate surface area is 199 Å². The minimum Gasteiger partial charge on any atom is -0.493 e. The van der Waals surface area contributed by atoms with E-state index in [-0.39, 0.29) is 11.8 Å². The largest absolute Gasteiger partial charge is 0.493 e. The first-order chi connectivity index (χ1) is 16.5. The average molecular weight is 467 g/mol. The number of benzene rings is 2. The number of methoxy groups -OCH3 is 2. The van der Waals surface area contributed by atoms with Gasteiger partial charge in [-0.05, 0) is 55.9 Å². The van der Waals surface area contributed by atoms with Gasteiger partial charge in [-0.15, -0.1) is 0 Å². The average Bonchev–Trinajstić information content (AvgIpc) is 2.86. The summed E-state index contributed by atoms with van der Waals surface area (Å²) in [6.07, 6.45) is 7.59. The van der Waals surface area contributed by atoms with E-state index in [4.69, 9.17) is 9.47 Å². The number of fused-ring (bicyclic) bond motifs is 1. The van der Waals surface area contributed by atoms with E-state index in [1.165, 1.54) is 43.6 Å². The molecule has 1 aliphatic carbocycles. The molecule has 0 radical (unpaired) electrons. The van der Waals surface area contributed by atoms with Gasteiger partial charge in [0.05, 0.1) is 26.2 Å². The van der Waals surface area contributed by atoms with E-state index in [0.717, 1.165) is 19.3 Å². The van der Waals surface area contributed by atoms with Crippen molar-refractivity contribution in [2.45, 2.75) is 44.1 Å². The van der Waals surface area contributed by atoms with Gasteiger partial charge in [-0.25, -0.2) is 4.39 Å². The van der Waals surface area contributed by atoms with Gasteiger partial charge in [0, 0.05) is 24.7 Å². The number of halogens is 1. The zero-order valence-corrected chi connectivity index (χ0v) is 19.9. The predicted octanol–water partition coefficient (Wildman–Crippen LogP) is 4.76. The number of amides is 2. The second-order valence-electron chi connectivity index (χ2n) is 8.80. The van der Waals surface area contributed by atoms with Gasteiger partial charge < -0.3 is 19.7 Å². The predicted molar refractivity (Wildman–Crippen MR) is 128 cm³/mol. The van der Waals surface area contributed by atoms with Crippen molar-refractivity contribution in [1.82, 2.24) is 10.2 Å². The summed E-state index contributed by atoms with van der Waals surface area (Å²) in [5.74, 6) is -1.01. The Kier molecular flexibility index (Phi) is 7.20. The quantitative estimate of drug-likeness (QED) is 0.598. The molecule has 0 bridgehead atoms. The summed E-state index contributed by atoms with van der Waals surface area (Å²) >= 11 is 0. The third-order valence-electron chi connectivity index (χ3n) is 6.81. The fourth-order valence-electron chi connectivity index (χ4n) is 5.02. The molecule has 2 aromatic carbocycles. The molecule has 2 amide bonds. The van der Waals surface area contributed by atoms with Gasteiger partial charge in [-0.2, -0.15) is 0 Å². The molecule has 1 N–H and O–H groups in total. The van der Waals surface area contributed by atoms with E-state index in [1.54, 1.807) is 37.4 Å². The highest BCUT2D eigenvalue weighted by molar-refractivity contribution is 6.02. The van der Waals surface area contributed by atoms with Crippen LogP contribution in [-0.4, -0.2) is 44.5 Å². The zero-order chi connectivity index (χ0) is 24.2. The normalized spacial score (nSPS) is 19.8. The Morgan fingerprint density at radius 1 is 1.12 bits per heavy atom. The zero-order valence-electron chi connectivity index (χ0n) is 19.9. The number of nitrogens with one attached hydrogen (secondary N) is 1. The number of carbonyl (C=O) groups is 2. The molecule has 2 atom stereocenters. The van der Waals surface area contributed by atoms with E-state index in [0.29, 0.717) is 34.7 Å². The second kappa shape index (κ2) is 10.3. The molecule has 6 nitrogen and oxygen atoms in total. The lowest BCUT2D eigenvalue weighted by Crippen LogP contribution is -2.46. The van der Waals surface area contributed by atoms with Gasteiger partial charge in [0.15, 0.2) is 11.5 Å². The summed E-state index contributed by atoms with van der Waals surface area (Å²) in [7, 11) is 4.60. The first kappa shape index (κ1) is 23.8. The number of ether oxygens (including phenoxy) is 2. The molecule has 0 saturated carbocycles. The fraction of sp³-hybridized carbons (Fsp3) is 0.407. The molecule has 0 unspecified atom stereocenters. The van der Waals surface area contributed by atoms with Crippen LogP contribution in [0, 0.1) is 5.82 Å². The summed E-state index contributed by atoms with van der Waals surface area (Å²) in [5, 5.41) is 3.05. The van der Waals surface area contributed by atoms with Gasteiger partial charge in [-0.1, -0.05) is 29.8 Å². The van der Waals surface area contributed by atoms with Crippen LogP contribution in [0.15, 0.2) is 48.0 Å². The van der Waals surface area contributed by atoms with E-state index >= 15 is 0 Å². The van der Waals surface area contributed by atoms with E-state index < -0.39 is 17.8 Å². The Hall–Kier alpha value is -3.35. The highest BCUT2D eigenvalue weighted by Crippen LogP contribution is 2.46. The number of allylic oxidation sites excluding steroid dienone is 1. The number of rotatable bonds is 7. The van der Waals surface area contributed by atoms with Crippen LogP contribution in [-0.2, 0) is 4.79 Å². The van der Waals surface area contributed by atoms with Crippen LogP contribution in [0.25, 0.3) is 0 Å².